The van der Waals surface area contributed by atoms with E-state index in [9.17, 15) is 13.2 Å². The van der Waals surface area contributed by atoms with Crippen LogP contribution in [0.15, 0.2) is 11.2 Å². The van der Waals surface area contributed by atoms with Crippen LogP contribution in [-0.4, -0.2) is 65.7 Å². The number of aliphatic imine (C=N–C) groups is 1. The molecule has 2 rings (SSSR count). The molecule has 0 spiro atoms. The number of nitrogens with zero attached hydrogens (tertiary/aromatic N) is 4. The van der Waals surface area contributed by atoms with E-state index in [0.717, 1.165) is 22.4 Å². The summed E-state index contributed by atoms with van der Waals surface area (Å²) in [5.74, 6) is 0.753. The zero-order valence-electron chi connectivity index (χ0n) is 14.2. The third-order valence-corrected chi connectivity index (χ3v) is 4.92. The molecule has 0 bridgehead atoms. The fraction of sp³-hybridized carbons (Fsp3) is 0.733. The first-order chi connectivity index (χ1) is 11.3. The largest absolute Gasteiger partial charge is 0.403 e. The molecule has 136 valence electrons. The van der Waals surface area contributed by atoms with E-state index in [4.69, 9.17) is 0 Å². The van der Waals surface area contributed by atoms with E-state index in [2.05, 4.69) is 15.3 Å². The van der Waals surface area contributed by atoms with Crippen molar-refractivity contribution in [2.45, 2.75) is 39.5 Å². The van der Waals surface area contributed by atoms with Crippen LogP contribution in [0.1, 0.15) is 23.7 Å². The second kappa shape index (κ2) is 8.15. The highest BCUT2D eigenvalue weighted by Crippen LogP contribution is 2.25. The Bertz CT molecular complexity index is 550. The van der Waals surface area contributed by atoms with Gasteiger partial charge in [-0.2, -0.15) is 13.2 Å². The normalized spacial score (nSPS) is 18.8. The van der Waals surface area contributed by atoms with Crippen LogP contribution in [0.2, 0.25) is 0 Å². The van der Waals surface area contributed by atoms with Crippen LogP contribution in [0.5, 0.6) is 0 Å². The fourth-order valence-corrected chi connectivity index (χ4v) is 3.30. The molecule has 1 aromatic rings. The molecular weight excluding hydrogens is 339 g/mol. The first-order valence-electron chi connectivity index (χ1n) is 8.06. The number of hydrogen-bond acceptors (Lipinski definition) is 4. The summed E-state index contributed by atoms with van der Waals surface area (Å²) in [4.78, 5) is 13.4. The number of rotatable bonds is 4. The standard InChI is InChI=1S/C15H24F3N5S/c1-4-19-14(21-10-13-9-20-12(3)24-13)23-7-5-22(6-8-23)11(2)15(16,17)18/h9,11H,4-8,10H2,1-3H3,(H,19,21). The van der Waals surface area contributed by atoms with Gasteiger partial charge in [0.1, 0.15) is 6.04 Å². The lowest BCUT2D eigenvalue weighted by Crippen LogP contribution is -2.56. The van der Waals surface area contributed by atoms with Crippen molar-refractivity contribution in [2.75, 3.05) is 32.7 Å². The molecule has 1 atom stereocenters. The first-order valence-corrected chi connectivity index (χ1v) is 8.88. The lowest BCUT2D eigenvalue weighted by molar-refractivity contribution is -0.181. The predicted octanol–water partition coefficient (Wildman–Crippen LogP) is 2.49. The number of piperazine rings is 1. The van der Waals surface area contributed by atoms with Crippen LogP contribution < -0.4 is 5.32 Å². The molecule has 0 radical (unpaired) electrons. The van der Waals surface area contributed by atoms with Crippen LogP contribution in [0.3, 0.4) is 0 Å². The van der Waals surface area contributed by atoms with Gasteiger partial charge in [-0.1, -0.05) is 0 Å². The van der Waals surface area contributed by atoms with Crippen molar-refractivity contribution in [2.24, 2.45) is 4.99 Å². The molecule has 0 aromatic carbocycles. The van der Waals surface area contributed by atoms with Crippen molar-refractivity contribution < 1.29 is 13.2 Å². The molecule has 1 saturated heterocycles. The molecule has 24 heavy (non-hydrogen) atoms. The number of halogens is 3. The van der Waals surface area contributed by atoms with Gasteiger partial charge in [0.25, 0.3) is 0 Å². The summed E-state index contributed by atoms with van der Waals surface area (Å²) in [6.07, 6.45) is -2.36. The maximum absolute atomic E-state index is 12.8. The van der Waals surface area contributed by atoms with Gasteiger partial charge in [0.15, 0.2) is 5.96 Å². The van der Waals surface area contributed by atoms with Crippen LogP contribution in [0.25, 0.3) is 0 Å². The molecule has 0 aliphatic carbocycles. The Balaban J connectivity index is 1.95. The van der Waals surface area contributed by atoms with E-state index in [1.54, 1.807) is 11.3 Å². The van der Waals surface area contributed by atoms with E-state index in [0.29, 0.717) is 32.7 Å². The summed E-state index contributed by atoms with van der Waals surface area (Å²) in [5, 5.41) is 4.22. The summed E-state index contributed by atoms with van der Waals surface area (Å²) in [6, 6.07) is -1.40. The third-order valence-electron chi connectivity index (χ3n) is 4.02. The summed E-state index contributed by atoms with van der Waals surface area (Å²) in [6.45, 7) is 8.24. The summed E-state index contributed by atoms with van der Waals surface area (Å²) >= 11 is 1.60. The number of aryl methyl sites for hydroxylation is 1. The number of guanidine groups is 1. The Morgan fingerprint density at radius 2 is 2.04 bits per heavy atom. The quantitative estimate of drug-likeness (QED) is 0.659. The minimum Gasteiger partial charge on any atom is -0.357 e. The highest BCUT2D eigenvalue weighted by molar-refractivity contribution is 7.11. The van der Waals surface area contributed by atoms with Crippen molar-refractivity contribution in [3.8, 4) is 0 Å². The molecular formula is C15H24F3N5S. The average Bonchev–Trinajstić information content (AvgIpc) is 2.95. The van der Waals surface area contributed by atoms with E-state index in [1.165, 1.54) is 11.8 Å². The molecule has 1 fully saturated rings. The van der Waals surface area contributed by atoms with Crippen LogP contribution >= 0.6 is 11.3 Å². The van der Waals surface area contributed by atoms with Crippen LogP contribution in [-0.2, 0) is 6.54 Å². The SMILES string of the molecule is CCNC(=NCc1cnc(C)s1)N1CCN(C(C)C(F)(F)F)CC1. The Morgan fingerprint density at radius 3 is 2.54 bits per heavy atom. The number of aromatic nitrogens is 1. The zero-order chi connectivity index (χ0) is 17.7. The Morgan fingerprint density at radius 1 is 1.38 bits per heavy atom. The molecule has 1 unspecified atom stereocenters. The second-order valence-corrected chi connectivity index (χ2v) is 7.08. The number of hydrogen-bond donors (Lipinski definition) is 1. The van der Waals surface area contributed by atoms with E-state index in [-0.39, 0.29) is 0 Å². The molecule has 9 heteroatoms. The monoisotopic (exact) mass is 363 g/mol. The topological polar surface area (TPSA) is 43.8 Å². The molecule has 0 amide bonds. The van der Waals surface area contributed by atoms with E-state index in [1.807, 2.05) is 24.9 Å². The third kappa shape index (κ3) is 5.07. The smallest absolute Gasteiger partial charge is 0.357 e. The number of alkyl halides is 3. The van der Waals surface area contributed by atoms with Gasteiger partial charge in [-0.3, -0.25) is 4.90 Å². The Hall–Kier alpha value is -1.35. The number of thiazole rings is 1. The van der Waals surface area contributed by atoms with Crippen molar-refractivity contribution in [3.63, 3.8) is 0 Å². The Labute approximate surface area is 144 Å². The predicted molar refractivity (Wildman–Crippen MR) is 90.3 cm³/mol. The lowest BCUT2D eigenvalue weighted by Gasteiger charge is -2.39. The van der Waals surface area contributed by atoms with Crippen LogP contribution in [0, 0.1) is 6.92 Å². The summed E-state index contributed by atoms with van der Waals surface area (Å²) in [5.41, 5.74) is 0. The van der Waals surface area contributed by atoms with Crippen molar-refractivity contribution in [1.82, 2.24) is 20.1 Å². The van der Waals surface area contributed by atoms with Gasteiger partial charge in [-0.25, -0.2) is 9.98 Å². The fourth-order valence-electron chi connectivity index (χ4n) is 2.59. The molecule has 2 heterocycles. The Kier molecular flexibility index (Phi) is 6.45. The zero-order valence-corrected chi connectivity index (χ0v) is 15.0. The minimum atomic E-state index is -4.18. The van der Waals surface area contributed by atoms with E-state index >= 15 is 0 Å². The van der Waals surface area contributed by atoms with Gasteiger partial charge in [-0.15, -0.1) is 11.3 Å². The molecule has 1 N–H and O–H groups in total. The maximum Gasteiger partial charge on any atom is 0.403 e. The molecule has 0 saturated carbocycles. The summed E-state index contributed by atoms with van der Waals surface area (Å²) in [7, 11) is 0. The minimum absolute atomic E-state index is 0.380. The van der Waals surface area contributed by atoms with Crippen molar-refractivity contribution in [1.29, 1.82) is 0 Å². The second-order valence-electron chi connectivity index (χ2n) is 5.76. The van der Waals surface area contributed by atoms with Gasteiger partial charge in [0, 0.05) is 43.8 Å². The highest BCUT2D eigenvalue weighted by atomic mass is 32.1. The van der Waals surface area contributed by atoms with Gasteiger partial charge < -0.3 is 10.2 Å². The van der Waals surface area contributed by atoms with Gasteiger partial charge in [0.05, 0.1) is 11.6 Å². The molecule has 1 aliphatic heterocycles. The molecule has 5 nitrogen and oxygen atoms in total. The van der Waals surface area contributed by atoms with Gasteiger partial charge >= 0.3 is 6.18 Å². The van der Waals surface area contributed by atoms with Gasteiger partial charge in [0.2, 0.25) is 0 Å². The van der Waals surface area contributed by atoms with Gasteiger partial charge in [-0.05, 0) is 20.8 Å². The van der Waals surface area contributed by atoms with E-state index < -0.39 is 12.2 Å². The highest BCUT2D eigenvalue weighted by Gasteiger charge is 2.41. The molecule has 1 aliphatic rings. The van der Waals surface area contributed by atoms with Crippen LogP contribution in [0.4, 0.5) is 13.2 Å². The van der Waals surface area contributed by atoms with Crippen molar-refractivity contribution in [3.05, 3.63) is 16.1 Å². The number of nitrogens with one attached hydrogen (secondary N) is 1. The summed E-state index contributed by atoms with van der Waals surface area (Å²) < 4.78 is 38.5. The maximum atomic E-state index is 12.8. The lowest BCUT2D eigenvalue weighted by atomic mass is 10.2. The first kappa shape index (κ1) is 19.0. The van der Waals surface area contributed by atoms with Crippen molar-refractivity contribution >= 4 is 17.3 Å². The molecule has 1 aromatic heterocycles. The average molecular weight is 363 g/mol.